The first-order valence-electron chi connectivity index (χ1n) is 16.3. The summed E-state index contributed by atoms with van der Waals surface area (Å²) < 4.78 is 7.79. The number of nitrogens with zero attached hydrogens (tertiary/aromatic N) is 1. The van der Waals surface area contributed by atoms with E-state index >= 15 is 0 Å². The minimum atomic E-state index is -0.449. The van der Waals surface area contributed by atoms with E-state index in [1.165, 1.54) is 10.1 Å². The lowest BCUT2D eigenvalue weighted by molar-refractivity contribution is 0.493. The molecule has 2 heterocycles. The highest BCUT2D eigenvalue weighted by molar-refractivity contribution is 6.15. The van der Waals surface area contributed by atoms with E-state index in [1.54, 1.807) is 30.3 Å². The van der Waals surface area contributed by atoms with Crippen LogP contribution in [-0.4, -0.2) is 9.55 Å². The number of fused-ring (bicyclic) bond motifs is 7. The van der Waals surface area contributed by atoms with Crippen LogP contribution in [0.25, 0.3) is 70.3 Å². The maximum Gasteiger partial charge on any atom is 0.266 e. The summed E-state index contributed by atoms with van der Waals surface area (Å²) in [7, 11) is 0. The predicted octanol–water partition coefficient (Wildman–Crippen LogP) is 8.09. The van der Waals surface area contributed by atoms with Gasteiger partial charge >= 0.3 is 0 Å². The standard InChI is InChI=1S/C42H28N2O5/c1-3-4-23-6-11-29(12-7-23)49-38-30-13-5-22(2)15-26(30)16-27-17-28(10-14-31(27)38)44-41(47)36-19-25-9-8-24-18-34-35(40(46)43-39(34)45)20-32(24)33(25)21-37(36)42(44)48/h5-21H,3-4H2,1-2H3,(H,43,45,46). The number of aromatic amines is 1. The number of hydrogen-bond acceptors (Lipinski definition) is 5. The van der Waals surface area contributed by atoms with Gasteiger partial charge in [-0.3, -0.25) is 24.2 Å². The summed E-state index contributed by atoms with van der Waals surface area (Å²) in [5.74, 6) is 1.44. The van der Waals surface area contributed by atoms with Crippen LogP contribution in [0.1, 0.15) is 24.5 Å². The van der Waals surface area contributed by atoms with Crippen molar-refractivity contribution < 1.29 is 4.74 Å². The molecule has 0 amide bonds. The maximum absolute atomic E-state index is 14.0. The van der Waals surface area contributed by atoms with Gasteiger partial charge in [0.1, 0.15) is 11.5 Å². The summed E-state index contributed by atoms with van der Waals surface area (Å²) in [6, 6.07) is 32.6. The molecule has 0 aliphatic carbocycles. The number of aromatic nitrogens is 2. The Morgan fingerprint density at radius 3 is 1.84 bits per heavy atom. The Balaban J connectivity index is 1.23. The van der Waals surface area contributed by atoms with Crippen molar-refractivity contribution in [3.05, 3.63) is 156 Å². The second kappa shape index (κ2) is 10.6. The Kier molecular flexibility index (Phi) is 6.23. The molecule has 0 unspecified atom stereocenters. The Bertz CT molecular complexity index is 3070. The number of ether oxygens (including phenoxy) is 1. The van der Waals surface area contributed by atoms with Gasteiger partial charge in [-0.1, -0.05) is 61.4 Å². The minimum absolute atomic E-state index is 0.288. The highest BCUT2D eigenvalue weighted by Gasteiger charge is 2.19. The van der Waals surface area contributed by atoms with E-state index in [-0.39, 0.29) is 5.39 Å². The Morgan fingerprint density at radius 2 is 1.14 bits per heavy atom. The third-order valence-electron chi connectivity index (χ3n) is 9.68. The summed E-state index contributed by atoms with van der Waals surface area (Å²) in [6.07, 6.45) is 2.08. The molecule has 9 aromatic rings. The number of hydrogen-bond donors (Lipinski definition) is 1. The first kappa shape index (κ1) is 28.8. The van der Waals surface area contributed by atoms with Crippen LogP contribution in [0.2, 0.25) is 0 Å². The van der Waals surface area contributed by atoms with Crippen molar-refractivity contribution in [2.75, 3.05) is 0 Å². The number of aryl methyl sites for hydroxylation is 2. The fraction of sp³-hybridized carbons (Fsp3) is 0.0952. The molecule has 0 atom stereocenters. The van der Waals surface area contributed by atoms with Gasteiger partial charge in [-0.25, -0.2) is 4.57 Å². The van der Waals surface area contributed by atoms with Gasteiger partial charge in [0, 0.05) is 10.8 Å². The second-order valence-electron chi connectivity index (χ2n) is 12.9. The molecule has 49 heavy (non-hydrogen) atoms. The first-order chi connectivity index (χ1) is 23.8. The zero-order chi connectivity index (χ0) is 33.6. The smallest absolute Gasteiger partial charge is 0.266 e. The van der Waals surface area contributed by atoms with E-state index in [9.17, 15) is 19.2 Å². The van der Waals surface area contributed by atoms with Crippen LogP contribution in [0, 0.1) is 6.92 Å². The summed E-state index contributed by atoms with van der Waals surface area (Å²) in [6.45, 7) is 4.20. The zero-order valence-corrected chi connectivity index (χ0v) is 26.7. The molecule has 0 spiro atoms. The van der Waals surface area contributed by atoms with Crippen LogP contribution >= 0.6 is 0 Å². The molecule has 0 fully saturated rings. The molecule has 7 heteroatoms. The zero-order valence-electron chi connectivity index (χ0n) is 26.7. The van der Waals surface area contributed by atoms with E-state index in [0.717, 1.165) is 67.2 Å². The highest BCUT2D eigenvalue weighted by Crippen LogP contribution is 2.39. The SMILES string of the molecule is CCCc1ccc(Oc2c3ccc(C)cc3cc3cc(-n4c(=O)c5cc6ccc7cc8c(=O)[nH]c(=O)c8cc7c6cc5c4=O)ccc23)cc1. The van der Waals surface area contributed by atoms with Crippen LogP contribution in [0.3, 0.4) is 0 Å². The van der Waals surface area contributed by atoms with Gasteiger partial charge in [-0.2, -0.15) is 0 Å². The Morgan fingerprint density at radius 1 is 0.551 bits per heavy atom. The van der Waals surface area contributed by atoms with Crippen LogP contribution < -0.4 is 27.0 Å². The predicted molar refractivity (Wildman–Crippen MR) is 198 cm³/mol. The summed E-state index contributed by atoms with van der Waals surface area (Å²) in [5.41, 5.74) is 1.12. The van der Waals surface area contributed by atoms with Gasteiger partial charge < -0.3 is 4.74 Å². The summed E-state index contributed by atoms with van der Waals surface area (Å²) in [4.78, 5) is 54.9. The Labute approximate surface area is 277 Å². The molecule has 2 aromatic heterocycles. The third kappa shape index (κ3) is 4.43. The fourth-order valence-electron chi connectivity index (χ4n) is 7.27. The van der Waals surface area contributed by atoms with E-state index in [2.05, 4.69) is 48.3 Å². The second-order valence-corrected chi connectivity index (χ2v) is 12.9. The normalized spacial score (nSPS) is 12.0. The van der Waals surface area contributed by atoms with Gasteiger partial charge in [-0.05, 0) is 112 Å². The average Bonchev–Trinajstić information content (AvgIpc) is 3.52. The fourth-order valence-corrected chi connectivity index (χ4v) is 7.27. The van der Waals surface area contributed by atoms with E-state index in [0.29, 0.717) is 27.6 Å². The molecular weight excluding hydrogens is 612 g/mol. The van der Waals surface area contributed by atoms with Crippen molar-refractivity contribution in [3.8, 4) is 17.2 Å². The Hall–Kier alpha value is -6.34. The molecule has 9 rings (SSSR count). The van der Waals surface area contributed by atoms with Crippen LogP contribution in [0.5, 0.6) is 11.5 Å². The summed E-state index contributed by atoms with van der Waals surface area (Å²) >= 11 is 0. The van der Waals surface area contributed by atoms with Crippen molar-refractivity contribution in [3.63, 3.8) is 0 Å². The topological polar surface area (TPSA) is 98.2 Å². The van der Waals surface area contributed by atoms with Crippen molar-refractivity contribution >= 4 is 64.6 Å². The van der Waals surface area contributed by atoms with Crippen LogP contribution in [0.15, 0.2) is 122 Å². The average molecular weight is 641 g/mol. The molecule has 7 nitrogen and oxygen atoms in total. The number of rotatable bonds is 5. The van der Waals surface area contributed by atoms with Gasteiger partial charge in [0.05, 0.1) is 27.2 Å². The van der Waals surface area contributed by atoms with Crippen molar-refractivity contribution in [2.45, 2.75) is 26.7 Å². The summed E-state index contributed by atoms with van der Waals surface area (Å²) in [5, 5.41) is 7.84. The van der Waals surface area contributed by atoms with Gasteiger partial charge in [0.2, 0.25) is 0 Å². The van der Waals surface area contributed by atoms with Crippen molar-refractivity contribution in [1.82, 2.24) is 9.55 Å². The molecule has 0 bridgehead atoms. The lowest BCUT2D eigenvalue weighted by Crippen LogP contribution is -2.23. The number of nitrogens with one attached hydrogen (secondary N) is 1. The van der Waals surface area contributed by atoms with E-state index < -0.39 is 22.2 Å². The van der Waals surface area contributed by atoms with Crippen molar-refractivity contribution in [2.24, 2.45) is 0 Å². The maximum atomic E-state index is 14.0. The lowest BCUT2D eigenvalue weighted by atomic mass is 9.98. The minimum Gasteiger partial charge on any atom is -0.456 e. The van der Waals surface area contributed by atoms with Crippen LogP contribution in [0.4, 0.5) is 0 Å². The lowest BCUT2D eigenvalue weighted by Gasteiger charge is -2.15. The number of H-pyrrole nitrogens is 1. The van der Waals surface area contributed by atoms with Gasteiger partial charge in [0.25, 0.3) is 22.2 Å². The molecule has 0 aliphatic heterocycles. The highest BCUT2D eigenvalue weighted by atomic mass is 16.5. The van der Waals surface area contributed by atoms with E-state index in [1.807, 2.05) is 43.3 Å². The molecule has 0 aliphatic rings. The van der Waals surface area contributed by atoms with Crippen LogP contribution in [-0.2, 0) is 6.42 Å². The molecular formula is C42H28N2O5. The largest absolute Gasteiger partial charge is 0.456 e. The molecule has 1 N–H and O–H groups in total. The quantitative estimate of drug-likeness (QED) is 0.151. The monoisotopic (exact) mass is 640 g/mol. The molecule has 236 valence electrons. The van der Waals surface area contributed by atoms with Crippen molar-refractivity contribution in [1.29, 1.82) is 0 Å². The molecule has 0 saturated heterocycles. The molecule has 7 aromatic carbocycles. The third-order valence-corrected chi connectivity index (χ3v) is 9.68. The van der Waals surface area contributed by atoms with E-state index in [4.69, 9.17) is 4.74 Å². The van der Waals surface area contributed by atoms with Gasteiger partial charge in [0.15, 0.2) is 0 Å². The van der Waals surface area contributed by atoms with Gasteiger partial charge in [-0.15, -0.1) is 0 Å². The number of benzene rings is 7. The molecule has 0 radical (unpaired) electrons. The molecule has 0 saturated carbocycles. The first-order valence-corrected chi connectivity index (χ1v) is 16.3.